The van der Waals surface area contributed by atoms with E-state index in [9.17, 15) is 9.90 Å². The summed E-state index contributed by atoms with van der Waals surface area (Å²) in [5, 5.41) is 15.2. The van der Waals surface area contributed by atoms with Crippen LogP contribution in [0.1, 0.15) is 31.9 Å². The molecule has 3 atom stereocenters. The highest BCUT2D eigenvalue weighted by atomic mass is 16.4. The van der Waals surface area contributed by atoms with Gasteiger partial charge in [0.25, 0.3) is 0 Å². The van der Waals surface area contributed by atoms with Crippen LogP contribution in [-0.4, -0.2) is 20.9 Å². The fourth-order valence-electron chi connectivity index (χ4n) is 3.74. The predicted molar refractivity (Wildman–Crippen MR) is 82.0 cm³/mol. The number of nitrogens with zero attached hydrogens (tertiary/aromatic N) is 2. The normalized spacial score (nSPS) is 26.1. The van der Waals surface area contributed by atoms with Crippen LogP contribution < -0.4 is 0 Å². The van der Waals surface area contributed by atoms with Gasteiger partial charge in [0.05, 0.1) is 17.1 Å². The lowest BCUT2D eigenvalue weighted by Crippen LogP contribution is -2.31. The lowest BCUT2D eigenvalue weighted by Gasteiger charge is -2.32. The first-order valence-electron chi connectivity index (χ1n) is 7.69. The third-order valence-corrected chi connectivity index (χ3v) is 4.85. The van der Waals surface area contributed by atoms with E-state index in [1.807, 2.05) is 23.9 Å². The lowest BCUT2D eigenvalue weighted by molar-refractivity contribution is -0.145. The van der Waals surface area contributed by atoms with Crippen LogP contribution in [0.3, 0.4) is 0 Å². The Balaban J connectivity index is 1.91. The molecule has 3 unspecified atom stereocenters. The maximum atomic E-state index is 11.5. The highest BCUT2D eigenvalue weighted by Gasteiger charge is 2.34. The van der Waals surface area contributed by atoms with Crippen molar-refractivity contribution in [2.24, 2.45) is 24.8 Å². The zero-order valence-electron chi connectivity index (χ0n) is 12.6. The number of carbonyl (C=O) groups is 1. The number of benzene rings is 1. The second-order valence-corrected chi connectivity index (χ2v) is 6.41. The number of para-hydroxylation sites is 1. The third kappa shape index (κ3) is 2.67. The maximum absolute atomic E-state index is 11.5. The largest absolute Gasteiger partial charge is 0.481 e. The number of carboxylic acid groups (broad SMARTS) is 1. The number of rotatable bonds is 3. The summed E-state index contributed by atoms with van der Waals surface area (Å²) in [7, 11) is 1.95. The molecule has 112 valence electrons. The zero-order chi connectivity index (χ0) is 15.0. The summed E-state index contributed by atoms with van der Waals surface area (Å²) in [5.41, 5.74) is 2.15. The van der Waals surface area contributed by atoms with E-state index in [-0.39, 0.29) is 11.8 Å². The van der Waals surface area contributed by atoms with Crippen molar-refractivity contribution in [1.82, 2.24) is 9.78 Å². The first kappa shape index (κ1) is 14.1. The van der Waals surface area contributed by atoms with Crippen molar-refractivity contribution < 1.29 is 9.90 Å². The molecule has 0 bridgehead atoms. The van der Waals surface area contributed by atoms with Crippen molar-refractivity contribution in [2.75, 3.05) is 0 Å². The molecule has 1 aromatic heterocycles. The van der Waals surface area contributed by atoms with Crippen LogP contribution in [0.2, 0.25) is 0 Å². The van der Waals surface area contributed by atoms with Gasteiger partial charge in [0.1, 0.15) is 0 Å². The van der Waals surface area contributed by atoms with Gasteiger partial charge in [-0.05, 0) is 43.6 Å². The van der Waals surface area contributed by atoms with E-state index in [4.69, 9.17) is 0 Å². The van der Waals surface area contributed by atoms with Crippen molar-refractivity contribution in [2.45, 2.75) is 32.6 Å². The van der Waals surface area contributed by atoms with E-state index in [0.29, 0.717) is 5.92 Å². The number of aryl methyl sites for hydroxylation is 1. The first-order valence-corrected chi connectivity index (χ1v) is 7.69. The Morgan fingerprint density at radius 3 is 2.90 bits per heavy atom. The van der Waals surface area contributed by atoms with E-state index < -0.39 is 5.97 Å². The highest BCUT2D eigenvalue weighted by molar-refractivity contribution is 5.82. The fraction of sp³-hybridized carbons (Fsp3) is 0.529. The summed E-state index contributed by atoms with van der Waals surface area (Å²) < 4.78 is 1.90. The molecular formula is C17H22N2O2. The molecule has 1 N–H and O–H groups in total. The molecule has 1 aromatic carbocycles. The molecule has 0 spiro atoms. The molecule has 4 heteroatoms. The first-order chi connectivity index (χ1) is 10.1. The van der Waals surface area contributed by atoms with Crippen molar-refractivity contribution in [1.29, 1.82) is 0 Å². The third-order valence-electron chi connectivity index (χ3n) is 4.85. The standard InChI is InChI=1S/C17H22N2O2/c1-11-7-8-13(17(20)21)12(9-11)10-15-14-5-3-4-6-16(14)19(2)18-15/h3-6,11-13H,7-10H2,1-2H3,(H,20,21). The molecule has 1 saturated carbocycles. The number of carboxylic acids is 1. The van der Waals surface area contributed by atoms with Crippen molar-refractivity contribution >= 4 is 16.9 Å². The van der Waals surface area contributed by atoms with Crippen LogP contribution in [0, 0.1) is 17.8 Å². The van der Waals surface area contributed by atoms with E-state index in [2.05, 4.69) is 24.2 Å². The van der Waals surface area contributed by atoms with Crippen LogP contribution in [0.4, 0.5) is 0 Å². The average molecular weight is 286 g/mol. The minimum absolute atomic E-state index is 0.199. The Kier molecular flexibility index (Phi) is 3.70. The second-order valence-electron chi connectivity index (χ2n) is 6.41. The van der Waals surface area contributed by atoms with Gasteiger partial charge in [0.2, 0.25) is 0 Å². The summed E-state index contributed by atoms with van der Waals surface area (Å²) in [6.07, 6.45) is 3.58. The molecule has 1 aliphatic rings. The van der Waals surface area contributed by atoms with E-state index in [1.165, 1.54) is 0 Å². The predicted octanol–water partition coefficient (Wildman–Crippen LogP) is 3.25. The summed E-state index contributed by atoms with van der Waals surface area (Å²) in [6, 6.07) is 8.17. The molecule has 2 aromatic rings. The Morgan fingerprint density at radius 2 is 2.14 bits per heavy atom. The van der Waals surface area contributed by atoms with E-state index in [0.717, 1.165) is 42.3 Å². The number of aromatic nitrogens is 2. The van der Waals surface area contributed by atoms with Crippen LogP contribution in [-0.2, 0) is 18.3 Å². The molecule has 0 amide bonds. The molecule has 3 rings (SSSR count). The monoisotopic (exact) mass is 286 g/mol. The van der Waals surface area contributed by atoms with Gasteiger partial charge in [0, 0.05) is 12.4 Å². The maximum Gasteiger partial charge on any atom is 0.306 e. The molecule has 1 aliphatic carbocycles. The Labute approximate surface area is 124 Å². The molecule has 4 nitrogen and oxygen atoms in total. The number of fused-ring (bicyclic) bond motifs is 1. The highest BCUT2D eigenvalue weighted by Crippen LogP contribution is 2.36. The molecule has 0 saturated heterocycles. The number of hydrogen-bond acceptors (Lipinski definition) is 2. The quantitative estimate of drug-likeness (QED) is 0.942. The van der Waals surface area contributed by atoms with E-state index in [1.54, 1.807) is 0 Å². The minimum Gasteiger partial charge on any atom is -0.481 e. The molecule has 1 heterocycles. The van der Waals surface area contributed by atoms with Crippen LogP contribution in [0.5, 0.6) is 0 Å². The molecular weight excluding hydrogens is 264 g/mol. The van der Waals surface area contributed by atoms with Crippen LogP contribution >= 0.6 is 0 Å². The minimum atomic E-state index is -0.646. The topological polar surface area (TPSA) is 55.1 Å². The van der Waals surface area contributed by atoms with Gasteiger partial charge in [-0.2, -0.15) is 5.10 Å². The second kappa shape index (κ2) is 5.51. The summed E-state index contributed by atoms with van der Waals surface area (Å²) in [6.45, 7) is 2.22. The molecule has 1 fully saturated rings. The van der Waals surface area contributed by atoms with E-state index >= 15 is 0 Å². The van der Waals surface area contributed by atoms with Gasteiger partial charge < -0.3 is 5.11 Å². The van der Waals surface area contributed by atoms with Gasteiger partial charge >= 0.3 is 5.97 Å². The summed E-state index contributed by atoms with van der Waals surface area (Å²) >= 11 is 0. The zero-order valence-corrected chi connectivity index (χ0v) is 12.6. The number of hydrogen-bond donors (Lipinski definition) is 1. The molecule has 21 heavy (non-hydrogen) atoms. The Bertz CT molecular complexity index is 662. The molecule has 0 aliphatic heterocycles. The van der Waals surface area contributed by atoms with Gasteiger partial charge in [-0.3, -0.25) is 9.48 Å². The summed E-state index contributed by atoms with van der Waals surface area (Å²) in [4.78, 5) is 11.5. The van der Waals surface area contributed by atoms with Gasteiger partial charge in [-0.1, -0.05) is 25.1 Å². The van der Waals surface area contributed by atoms with Crippen molar-refractivity contribution in [3.05, 3.63) is 30.0 Å². The van der Waals surface area contributed by atoms with Crippen molar-refractivity contribution in [3.63, 3.8) is 0 Å². The molecule has 0 radical (unpaired) electrons. The SMILES string of the molecule is CC1CCC(C(=O)O)C(Cc2nn(C)c3ccccc23)C1. The number of aliphatic carboxylic acids is 1. The average Bonchev–Trinajstić information content (AvgIpc) is 2.76. The fourth-order valence-corrected chi connectivity index (χ4v) is 3.74. The smallest absolute Gasteiger partial charge is 0.306 e. The van der Waals surface area contributed by atoms with Gasteiger partial charge in [-0.15, -0.1) is 0 Å². The Hall–Kier alpha value is -1.84. The van der Waals surface area contributed by atoms with Crippen LogP contribution in [0.15, 0.2) is 24.3 Å². The van der Waals surface area contributed by atoms with Crippen LogP contribution in [0.25, 0.3) is 10.9 Å². The Morgan fingerprint density at radius 1 is 1.38 bits per heavy atom. The van der Waals surface area contributed by atoms with Gasteiger partial charge in [0.15, 0.2) is 0 Å². The van der Waals surface area contributed by atoms with Crippen molar-refractivity contribution in [3.8, 4) is 0 Å². The summed E-state index contributed by atoms with van der Waals surface area (Å²) in [5.74, 6) is -0.0563. The lowest BCUT2D eigenvalue weighted by atomic mass is 9.72. The van der Waals surface area contributed by atoms with Gasteiger partial charge in [-0.25, -0.2) is 0 Å².